The van der Waals surface area contributed by atoms with Crippen molar-refractivity contribution >= 4 is 34.2 Å². The van der Waals surface area contributed by atoms with Crippen LogP contribution in [0.25, 0.3) is 0 Å². The second kappa shape index (κ2) is 12.1. The standard InChI is InChI=1S/C23H29NO6S/c1-5-16(6-2)20(25)24-21-18(22(26)28-7-3)15(4)19(31-21)23(27)30-14-13-29-17-11-9-8-10-12-17/h8-12,16H,5-7,13-14H2,1-4H3,(H,24,25). The lowest BCUT2D eigenvalue weighted by Gasteiger charge is -2.12. The number of nitrogens with one attached hydrogen (secondary N) is 1. The first kappa shape index (κ1) is 24.4. The van der Waals surface area contributed by atoms with E-state index in [1.807, 2.05) is 44.2 Å². The Kier molecular flexibility index (Phi) is 9.52. The van der Waals surface area contributed by atoms with Gasteiger partial charge in [0, 0.05) is 5.92 Å². The van der Waals surface area contributed by atoms with Gasteiger partial charge in [-0.1, -0.05) is 32.0 Å². The summed E-state index contributed by atoms with van der Waals surface area (Å²) in [5, 5.41) is 3.11. The third-order valence-corrected chi connectivity index (χ3v) is 5.92. The first-order valence-corrected chi connectivity index (χ1v) is 11.2. The number of hydrogen-bond acceptors (Lipinski definition) is 7. The second-order valence-corrected chi connectivity index (χ2v) is 7.80. The molecule has 0 aliphatic heterocycles. The first-order valence-electron chi connectivity index (χ1n) is 10.4. The molecule has 0 aliphatic carbocycles. The number of benzene rings is 1. The second-order valence-electron chi connectivity index (χ2n) is 6.78. The lowest BCUT2D eigenvalue weighted by molar-refractivity contribution is -0.120. The van der Waals surface area contributed by atoms with Gasteiger partial charge in [-0.2, -0.15) is 0 Å². The van der Waals surface area contributed by atoms with Crippen molar-refractivity contribution in [3.63, 3.8) is 0 Å². The molecular formula is C23H29NO6S. The number of para-hydroxylation sites is 1. The molecule has 1 aromatic heterocycles. The fourth-order valence-electron chi connectivity index (χ4n) is 2.99. The Balaban J connectivity index is 2.13. The van der Waals surface area contributed by atoms with Crippen LogP contribution in [0.3, 0.4) is 0 Å². The molecular weight excluding hydrogens is 418 g/mol. The molecule has 0 radical (unpaired) electrons. The van der Waals surface area contributed by atoms with Crippen LogP contribution in [0, 0.1) is 12.8 Å². The maximum Gasteiger partial charge on any atom is 0.348 e. The van der Waals surface area contributed by atoms with E-state index in [0.717, 1.165) is 11.3 Å². The van der Waals surface area contributed by atoms with Gasteiger partial charge in [0.2, 0.25) is 5.91 Å². The van der Waals surface area contributed by atoms with Crippen LogP contribution >= 0.6 is 11.3 Å². The van der Waals surface area contributed by atoms with Crippen molar-refractivity contribution in [2.75, 3.05) is 25.1 Å². The van der Waals surface area contributed by atoms with E-state index in [1.54, 1.807) is 13.8 Å². The van der Waals surface area contributed by atoms with E-state index in [-0.39, 0.29) is 42.1 Å². The molecule has 0 aliphatic rings. The van der Waals surface area contributed by atoms with Crippen LogP contribution in [0.1, 0.15) is 59.2 Å². The highest BCUT2D eigenvalue weighted by Gasteiger charge is 2.28. The van der Waals surface area contributed by atoms with Crippen LogP contribution in [0.4, 0.5) is 5.00 Å². The van der Waals surface area contributed by atoms with Crippen molar-refractivity contribution in [1.82, 2.24) is 0 Å². The van der Waals surface area contributed by atoms with Gasteiger partial charge in [-0.25, -0.2) is 9.59 Å². The first-order chi connectivity index (χ1) is 14.9. The molecule has 31 heavy (non-hydrogen) atoms. The Labute approximate surface area is 186 Å². The van der Waals surface area contributed by atoms with Gasteiger partial charge < -0.3 is 19.5 Å². The van der Waals surface area contributed by atoms with Gasteiger partial charge in [-0.05, 0) is 44.4 Å². The summed E-state index contributed by atoms with van der Waals surface area (Å²) in [7, 11) is 0. The predicted molar refractivity (Wildman–Crippen MR) is 120 cm³/mol. The van der Waals surface area contributed by atoms with Crippen LogP contribution < -0.4 is 10.1 Å². The minimum Gasteiger partial charge on any atom is -0.490 e. The molecule has 0 saturated carbocycles. The number of ether oxygens (including phenoxy) is 3. The Bertz CT molecular complexity index is 889. The number of carbonyl (C=O) groups is 3. The number of amides is 1. The summed E-state index contributed by atoms with van der Waals surface area (Å²) in [5.74, 6) is -0.840. The third-order valence-electron chi connectivity index (χ3n) is 4.73. The Hall–Kier alpha value is -2.87. The Morgan fingerprint density at radius 1 is 0.968 bits per heavy atom. The highest BCUT2D eigenvalue weighted by molar-refractivity contribution is 7.18. The van der Waals surface area contributed by atoms with Gasteiger partial charge in [0.15, 0.2) is 0 Å². The number of carbonyl (C=O) groups excluding carboxylic acids is 3. The molecule has 1 aromatic carbocycles. The molecule has 2 aromatic rings. The molecule has 168 valence electrons. The molecule has 1 heterocycles. The molecule has 0 spiro atoms. The number of rotatable bonds is 11. The number of anilines is 1. The van der Waals surface area contributed by atoms with Gasteiger partial charge in [0.05, 0.1) is 12.2 Å². The lowest BCUT2D eigenvalue weighted by atomic mass is 10.0. The molecule has 0 fully saturated rings. The van der Waals surface area contributed by atoms with E-state index in [0.29, 0.717) is 29.2 Å². The lowest BCUT2D eigenvalue weighted by Crippen LogP contribution is -2.22. The van der Waals surface area contributed by atoms with E-state index in [4.69, 9.17) is 14.2 Å². The Morgan fingerprint density at radius 2 is 1.65 bits per heavy atom. The summed E-state index contributed by atoms with van der Waals surface area (Å²) in [5.41, 5.74) is 0.621. The third kappa shape index (κ3) is 6.55. The van der Waals surface area contributed by atoms with Crippen LogP contribution in [0.2, 0.25) is 0 Å². The molecule has 8 heteroatoms. The normalized spacial score (nSPS) is 10.6. The SMILES string of the molecule is CCOC(=O)c1c(NC(=O)C(CC)CC)sc(C(=O)OCCOc2ccccc2)c1C. The topological polar surface area (TPSA) is 90.9 Å². The van der Waals surface area contributed by atoms with Crippen LogP contribution in [0.5, 0.6) is 5.75 Å². The highest BCUT2D eigenvalue weighted by atomic mass is 32.1. The van der Waals surface area contributed by atoms with Crippen molar-refractivity contribution < 1.29 is 28.6 Å². The fraction of sp³-hybridized carbons (Fsp3) is 0.435. The summed E-state index contributed by atoms with van der Waals surface area (Å²) in [6.07, 6.45) is 1.36. The number of esters is 2. The van der Waals surface area contributed by atoms with Gasteiger partial charge in [-0.3, -0.25) is 4.79 Å². The zero-order valence-electron chi connectivity index (χ0n) is 18.4. The summed E-state index contributed by atoms with van der Waals surface area (Å²) in [4.78, 5) is 37.9. The number of thiophene rings is 1. The van der Waals surface area contributed by atoms with E-state index in [1.165, 1.54) is 0 Å². The average Bonchev–Trinajstić information content (AvgIpc) is 3.08. The van der Waals surface area contributed by atoms with Gasteiger partial charge in [0.25, 0.3) is 0 Å². The van der Waals surface area contributed by atoms with Gasteiger partial charge in [-0.15, -0.1) is 11.3 Å². The van der Waals surface area contributed by atoms with Crippen LogP contribution in [-0.4, -0.2) is 37.7 Å². The number of hydrogen-bond donors (Lipinski definition) is 1. The Morgan fingerprint density at radius 3 is 2.26 bits per heavy atom. The summed E-state index contributed by atoms with van der Waals surface area (Å²) < 4.78 is 16.0. The maximum absolute atomic E-state index is 12.6. The summed E-state index contributed by atoms with van der Waals surface area (Å²) in [6.45, 7) is 7.64. The highest BCUT2D eigenvalue weighted by Crippen LogP contribution is 2.35. The van der Waals surface area contributed by atoms with Gasteiger partial charge >= 0.3 is 11.9 Å². The van der Waals surface area contributed by atoms with Crippen LogP contribution in [0.15, 0.2) is 30.3 Å². The monoisotopic (exact) mass is 447 g/mol. The van der Waals surface area contributed by atoms with Crippen molar-refractivity contribution in [2.45, 2.75) is 40.5 Å². The molecule has 0 unspecified atom stereocenters. The molecule has 2 rings (SSSR count). The molecule has 0 saturated heterocycles. The fourth-order valence-corrected chi connectivity index (χ4v) is 4.09. The van der Waals surface area contributed by atoms with Crippen molar-refractivity contribution in [2.24, 2.45) is 5.92 Å². The average molecular weight is 448 g/mol. The molecule has 1 N–H and O–H groups in total. The molecule has 7 nitrogen and oxygen atoms in total. The molecule has 1 amide bonds. The van der Waals surface area contributed by atoms with Crippen molar-refractivity contribution in [1.29, 1.82) is 0 Å². The maximum atomic E-state index is 12.6. The van der Waals surface area contributed by atoms with E-state index in [9.17, 15) is 14.4 Å². The van der Waals surface area contributed by atoms with E-state index in [2.05, 4.69) is 5.32 Å². The van der Waals surface area contributed by atoms with E-state index < -0.39 is 11.9 Å². The molecule has 0 atom stereocenters. The largest absolute Gasteiger partial charge is 0.490 e. The van der Waals surface area contributed by atoms with Crippen molar-refractivity contribution in [3.05, 3.63) is 46.3 Å². The smallest absolute Gasteiger partial charge is 0.348 e. The summed E-state index contributed by atoms with van der Waals surface area (Å²) in [6, 6.07) is 9.21. The minimum absolute atomic E-state index is 0.0508. The minimum atomic E-state index is -0.581. The molecule has 0 bridgehead atoms. The van der Waals surface area contributed by atoms with Crippen molar-refractivity contribution in [3.8, 4) is 5.75 Å². The quantitative estimate of drug-likeness (QED) is 0.391. The predicted octanol–water partition coefficient (Wildman–Crippen LogP) is 4.84. The van der Waals surface area contributed by atoms with Gasteiger partial charge in [0.1, 0.15) is 28.8 Å². The zero-order chi connectivity index (χ0) is 22.8. The van der Waals surface area contributed by atoms with E-state index >= 15 is 0 Å². The van der Waals surface area contributed by atoms with Crippen LogP contribution in [-0.2, 0) is 14.3 Å². The summed E-state index contributed by atoms with van der Waals surface area (Å²) >= 11 is 1.02. The zero-order valence-corrected chi connectivity index (χ0v) is 19.2.